The van der Waals surface area contributed by atoms with Crippen LogP contribution in [0.15, 0.2) is 48.5 Å². The topological polar surface area (TPSA) is 45.1 Å². The largest absolute Gasteiger partial charge is 0.360 e. The summed E-state index contributed by atoms with van der Waals surface area (Å²) < 4.78 is 0. The zero-order chi connectivity index (χ0) is 19.0. The lowest BCUT2D eigenvalue weighted by Gasteiger charge is -2.35. The molecule has 1 atom stereocenters. The molecule has 2 aliphatic rings. The number of carbonyl (C=O) groups excluding carboxylic acids is 2. The Morgan fingerprint density at radius 3 is 2.48 bits per heavy atom. The lowest BCUT2D eigenvalue weighted by Crippen LogP contribution is -3.19. The number of imide groups is 1. The number of benzene rings is 2. The number of amides is 2. The lowest BCUT2D eigenvalue weighted by molar-refractivity contribution is -0.915. The van der Waals surface area contributed by atoms with Crippen LogP contribution in [0.2, 0.25) is 5.02 Å². The number of carbonyl (C=O) groups is 2. The van der Waals surface area contributed by atoms with Crippen LogP contribution in [0.1, 0.15) is 12.0 Å². The van der Waals surface area contributed by atoms with E-state index in [0.717, 1.165) is 42.5 Å². The van der Waals surface area contributed by atoms with Gasteiger partial charge in [0.2, 0.25) is 5.91 Å². The van der Waals surface area contributed by atoms with Crippen LogP contribution in [0, 0.1) is 6.92 Å². The van der Waals surface area contributed by atoms with Gasteiger partial charge in [-0.25, -0.2) is 4.90 Å². The summed E-state index contributed by atoms with van der Waals surface area (Å²) in [6.45, 7) is 5.28. The van der Waals surface area contributed by atoms with Crippen molar-refractivity contribution in [1.29, 1.82) is 0 Å². The van der Waals surface area contributed by atoms with E-state index in [2.05, 4.69) is 11.0 Å². The maximum Gasteiger partial charge on any atom is 0.292 e. The average molecular weight is 385 g/mol. The van der Waals surface area contributed by atoms with Gasteiger partial charge in [0, 0.05) is 10.7 Å². The van der Waals surface area contributed by atoms with E-state index in [1.165, 1.54) is 9.80 Å². The van der Waals surface area contributed by atoms with Crippen molar-refractivity contribution in [1.82, 2.24) is 0 Å². The van der Waals surface area contributed by atoms with Crippen LogP contribution in [-0.4, -0.2) is 44.0 Å². The summed E-state index contributed by atoms with van der Waals surface area (Å²) in [4.78, 5) is 30.5. The fourth-order valence-electron chi connectivity index (χ4n) is 4.09. The summed E-state index contributed by atoms with van der Waals surface area (Å²) in [7, 11) is 0. The van der Waals surface area contributed by atoms with Crippen molar-refractivity contribution in [2.24, 2.45) is 0 Å². The number of piperazine rings is 1. The highest BCUT2D eigenvalue weighted by Crippen LogP contribution is 2.25. The number of anilines is 2. The maximum atomic E-state index is 13.0. The number of hydrogen-bond donors (Lipinski definition) is 1. The Hall–Kier alpha value is -2.37. The van der Waals surface area contributed by atoms with E-state index >= 15 is 0 Å². The molecular weight excluding hydrogens is 362 g/mol. The molecule has 0 saturated carbocycles. The fraction of sp³-hybridized carbons (Fsp3) is 0.333. The first-order chi connectivity index (χ1) is 13.0. The number of rotatable bonds is 3. The van der Waals surface area contributed by atoms with Gasteiger partial charge in [0.25, 0.3) is 5.91 Å². The molecule has 5 nitrogen and oxygen atoms in total. The van der Waals surface area contributed by atoms with E-state index in [1.54, 1.807) is 0 Å². The number of halogens is 1. The molecule has 0 bridgehead atoms. The van der Waals surface area contributed by atoms with Crippen LogP contribution in [-0.2, 0) is 9.59 Å². The average Bonchev–Trinajstić information content (AvgIpc) is 2.97. The molecule has 0 unspecified atom stereocenters. The first-order valence-corrected chi connectivity index (χ1v) is 9.70. The molecular formula is C21H23ClN3O2+. The Morgan fingerprint density at radius 1 is 1.04 bits per heavy atom. The molecule has 2 aromatic rings. The Balaban J connectivity index is 1.45. The van der Waals surface area contributed by atoms with Crippen LogP contribution in [0.5, 0.6) is 0 Å². The number of nitrogens with one attached hydrogen (secondary N) is 1. The number of aryl methyl sites for hydroxylation is 1. The summed E-state index contributed by atoms with van der Waals surface area (Å²) in [5.74, 6) is -0.162. The van der Waals surface area contributed by atoms with Gasteiger partial charge in [0.05, 0.1) is 38.3 Å². The lowest BCUT2D eigenvalue weighted by atomic mass is 10.1. The normalized spacial score (nSPS) is 21.2. The summed E-state index contributed by atoms with van der Waals surface area (Å²) >= 11 is 6.10. The number of nitrogens with zero attached hydrogens (tertiary/aromatic N) is 2. The molecule has 1 N–H and O–H groups in total. The minimum atomic E-state index is -0.279. The highest BCUT2D eigenvalue weighted by atomic mass is 35.5. The molecule has 2 aromatic carbocycles. The highest BCUT2D eigenvalue weighted by molar-refractivity contribution is 6.30. The smallest absolute Gasteiger partial charge is 0.292 e. The van der Waals surface area contributed by atoms with E-state index in [1.807, 2.05) is 49.4 Å². The van der Waals surface area contributed by atoms with Crippen molar-refractivity contribution in [2.75, 3.05) is 36.0 Å². The quantitative estimate of drug-likeness (QED) is 0.819. The molecule has 27 heavy (non-hydrogen) atoms. The summed E-state index contributed by atoms with van der Waals surface area (Å²) in [5.41, 5.74) is 2.77. The van der Waals surface area contributed by atoms with Gasteiger partial charge in [0.15, 0.2) is 6.04 Å². The minimum Gasteiger partial charge on any atom is -0.360 e. The Morgan fingerprint density at radius 2 is 1.78 bits per heavy atom. The van der Waals surface area contributed by atoms with Gasteiger partial charge in [-0.05, 0) is 36.8 Å². The standard InChI is InChI=1S/C21H22ClN3O2/c1-15-5-2-3-8-18(15)25-20(26)14-19(21(25)27)24-11-9-23(10-12-24)17-7-4-6-16(22)13-17/h2-8,13,19H,9-12,14H2,1H3/p+1/t19-/m1/s1. The van der Waals surface area contributed by atoms with Gasteiger partial charge in [0.1, 0.15) is 0 Å². The molecule has 4 rings (SSSR count). The van der Waals surface area contributed by atoms with Gasteiger partial charge < -0.3 is 9.80 Å². The minimum absolute atomic E-state index is 0.0690. The molecule has 140 valence electrons. The molecule has 6 heteroatoms. The third kappa shape index (κ3) is 3.45. The van der Waals surface area contributed by atoms with Crippen LogP contribution >= 0.6 is 11.6 Å². The van der Waals surface area contributed by atoms with E-state index in [-0.39, 0.29) is 17.9 Å². The SMILES string of the molecule is Cc1ccccc1N1C(=O)C[C@@H]([NH+]2CCN(c3cccc(Cl)c3)CC2)C1=O. The van der Waals surface area contributed by atoms with Crippen LogP contribution in [0.3, 0.4) is 0 Å². The van der Waals surface area contributed by atoms with Crippen LogP contribution in [0.4, 0.5) is 11.4 Å². The molecule has 2 aliphatic heterocycles. The summed E-state index contributed by atoms with van der Waals surface area (Å²) in [5, 5.41) is 0.729. The third-order valence-electron chi connectivity index (χ3n) is 5.57. The fourth-order valence-corrected chi connectivity index (χ4v) is 4.28. The van der Waals surface area contributed by atoms with Gasteiger partial charge in [-0.2, -0.15) is 0 Å². The summed E-state index contributed by atoms with van der Waals surface area (Å²) in [6.07, 6.45) is 0.291. The zero-order valence-electron chi connectivity index (χ0n) is 15.3. The second-order valence-electron chi connectivity index (χ2n) is 7.24. The van der Waals surface area contributed by atoms with Crippen molar-refractivity contribution in [2.45, 2.75) is 19.4 Å². The predicted octanol–water partition coefficient (Wildman–Crippen LogP) is 1.69. The first-order valence-electron chi connectivity index (χ1n) is 9.32. The Kier molecular flexibility index (Phi) is 4.89. The van der Waals surface area contributed by atoms with Gasteiger partial charge in [-0.3, -0.25) is 9.59 Å². The van der Waals surface area contributed by atoms with Crippen molar-refractivity contribution >= 4 is 34.8 Å². The first kappa shape index (κ1) is 18.0. The van der Waals surface area contributed by atoms with Crippen molar-refractivity contribution in [3.8, 4) is 0 Å². The molecule has 0 aliphatic carbocycles. The third-order valence-corrected chi connectivity index (χ3v) is 5.81. The second kappa shape index (κ2) is 7.33. The summed E-state index contributed by atoms with van der Waals surface area (Å²) in [6, 6.07) is 15.1. The van der Waals surface area contributed by atoms with E-state index in [4.69, 9.17) is 11.6 Å². The molecule has 2 saturated heterocycles. The maximum absolute atomic E-state index is 13.0. The molecule has 0 radical (unpaired) electrons. The monoisotopic (exact) mass is 384 g/mol. The zero-order valence-corrected chi connectivity index (χ0v) is 16.1. The van der Waals surface area contributed by atoms with Crippen LogP contribution in [0.25, 0.3) is 0 Å². The molecule has 2 amide bonds. The molecule has 0 spiro atoms. The van der Waals surface area contributed by atoms with Gasteiger partial charge >= 0.3 is 0 Å². The molecule has 2 heterocycles. The Labute approximate surface area is 164 Å². The van der Waals surface area contributed by atoms with Crippen molar-refractivity contribution in [3.05, 3.63) is 59.1 Å². The van der Waals surface area contributed by atoms with Crippen molar-refractivity contribution in [3.63, 3.8) is 0 Å². The second-order valence-corrected chi connectivity index (χ2v) is 7.67. The van der Waals surface area contributed by atoms with Crippen LogP contribution < -0.4 is 14.7 Å². The van der Waals surface area contributed by atoms with E-state index in [9.17, 15) is 9.59 Å². The van der Waals surface area contributed by atoms with Crippen molar-refractivity contribution < 1.29 is 14.5 Å². The van der Waals surface area contributed by atoms with Gasteiger partial charge in [-0.1, -0.05) is 35.9 Å². The number of quaternary nitrogens is 1. The van der Waals surface area contributed by atoms with E-state index < -0.39 is 0 Å². The highest BCUT2D eigenvalue weighted by Gasteiger charge is 2.46. The number of para-hydroxylation sites is 1. The molecule has 0 aromatic heterocycles. The van der Waals surface area contributed by atoms with Gasteiger partial charge in [-0.15, -0.1) is 0 Å². The predicted molar refractivity (Wildman–Crippen MR) is 106 cm³/mol. The molecule has 2 fully saturated rings. The van der Waals surface area contributed by atoms with E-state index in [0.29, 0.717) is 12.1 Å². The Bertz CT molecular complexity index is 877. The number of hydrogen-bond acceptors (Lipinski definition) is 3.